The molecule has 3 heterocycles. The highest BCUT2D eigenvalue weighted by molar-refractivity contribution is 7.80. The number of aromatic nitrogens is 3. The van der Waals surface area contributed by atoms with Gasteiger partial charge >= 0.3 is 0 Å². The van der Waals surface area contributed by atoms with E-state index in [0.717, 1.165) is 32.7 Å². The van der Waals surface area contributed by atoms with Gasteiger partial charge in [0, 0.05) is 67.5 Å². The van der Waals surface area contributed by atoms with Gasteiger partial charge < -0.3 is 0 Å². The number of hydrogen-bond acceptors (Lipinski definition) is 6. The van der Waals surface area contributed by atoms with Crippen molar-refractivity contribution < 1.29 is 0 Å². The van der Waals surface area contributed by atoms with Crippen molar-refractivity contribution in [3.05, 3.63) is 132 Å². The van der Waals surface area contributed by atoms with Gasteiger partial charge in [0.1, 0.15) is 0 Å². The Hall–Kier alpha value is -4.88. The highest BCUT2D eigenvalue weighted by Crippen LogP contribution is 2.43. The molecule has 0 atom stereocenters. The van der Waals surface area contributed by atoms with Crippen LogP contribution in [0.3, 0.4) is 0 Å². The fourth-order valence-electron chi connectivity index (χ4n) is 6.79. The Kier molecular flexibility index (Phi) is 6.71. The molecule has 0 amide bonds. The van der Waals surface area contributed by atoms with E-state index in [1.54, 1.807) is 11.3 Å². The molecule has 47 heavy (non-hydrogen) atoms. The zero-order chi connectivity index (χ0) is 31.6. The van der Waals surface area contributed by atoms with Crippen molar-refractivity contribution in [3.8, 4) is 45.3 Å². The minimum absolute atomic E-state index is 0.630. The Bertz CT molecular complexity index is 2680. The molecule has 0 saturated carbocycles. The summed E-state index contributed by atoms with van der Waals surface area (Å²) in [7, 11) is 0. The Morgan fingerprint density at radius 2 is 0.979 bits per heavy atom. The molecule has 3 aromatic heterocycles. The van der Waals surface area contributed by atoms with Crippen molar-refractivity contribution in [2.45, 2.75) is 18.7 Å². The second-order valence-corrected chi connectivity index (χ2v) is 14.5. The van der Waals surface area contributed by atoms with Crippen LogP contribution in [0, 0.1) is 13.8 Å². The Balaban J connectivity index is 1.36. The van der Waals surface area contributed by atoms with Crippen molar-refractivity contribution in [2.24, 2.45) is 0 Å². The maximum absolute atomic E-state index is 5.28. The minimum atomic E-state index is 0.630. The predicted octanol–water partition coefficient (Wildman–Crippen LogP) is 12.2. The fourth-order valence-corrected chi connectivity index (χ4v) is 9.41. The number of thiophene rings is 2. The summed E-state index contributed by atoms with van der Waals surface area (Å²) in [5, 5.41) is 4.91. The van der Waals surface area contributed by atoms with Crippen LogP contribution in [-0.2, 0) is 0 Å². The first-order valence-electron chi connectivity index (χ1n) is 15.5. The molecule has 0 spiro atoms. The number of thiol groups is 1. The van der Waals surface area contributed by atoms with Gasteiger partial charge in [-0.15, -0.1) is 35.3 Å². The van der Waals surface area contributed by atoms with Crippen molar-refractivity contribution >= 4 is 75.6 Å². The van der Waals surface area contributed by atoms with Gasteiger partial charge in [0.15, 0.2) is 17.5 Å². The van der Waals surface area contributed by atoms with Gasteiger partial charge in [0.25, 0.3) is 0 Å². The summed E-state index contributed by atoms with van der Waals surface area (Å²) in [5.74, 6) is 1.95. The van der Waals surface area contributed by atoms with Gasteiger partial charge in [-0.05, 0) is 66.9 Å². The summed E-state index contributed by atoms with van der Waals surface area (Å²) >= 11 is 8.59. The first-order chi connectivity index (χ1) is 23.0. The first-order valence-corrected chi connectivity index (χ1v) is 17.6. The molecule has 0 N–H and O–H groups in total. The maximum Gasteiger partial charge on any atom is 0.164 e. The zero-order valence-electron chi connectivity index (χ0n) is 25.7. The number of nitrogens with zero attached hydrogens (tertiary/aromatic N) is 3. The van der Waals surface area contributed by atoms with Crippen molar-refractivity contribution in [3.63, 3.8) is 0 Å². The summed E-state index contributed by atoms with van der Waals surface area (Å²) < 4.78 is 5.01. The van der Waals surface area contributed by atoms with E-state index in [1.165, 1.54) is 51.5 Å². The molecule has 0 aliphatic carbocycles. The molecule has 6 heteroatoms. The van der Waals surface area contributed by atoms with E-state index in [-0.39, 0.29) is 0 Å². The molecule has 0 saturated heterocycles. The lowest BCUT2D eigenvalue weighted by molar-refractivity contribution is 1.07. The van der Waals surface area contributed by atoms with E-state index < -0.39 is 0 Å². The number of aryl methyl sites for hydroxylation is 2. The van der Waals surface area contributed by atoms with Gasteiger partial charge in [-0.3, -0.25) is 0 Å². The molecule has 0 bridgehead atoms. The molecular formula is C41H27N3S3. The van der Waals surface area contributed by atoms with E-state index in [9.17, 15) is 0 Å². The van der Waals surface area contributed by atoms with Gasteiger partial charge in [-0.2, -0.15) is 0 Å². The molecule has 0 aliphatic heterocycles. The normalized spacial score (nSPS) is 11.7. The third-order valence-electron chi connectivity index (χ3n) is 9.02. The van der Waals surface area contributed by atoms with E-state index in [0.29, 0.717) is 17.5 Å². The lowest BCUT2D eigenvalue weighted by Crippen LogP contribution is -2.02. The fraction of sp³-hybridized carbons (Fsp3) is 0.0488. The molecule has 0 aliphatic rings. The second-order valence-electron chi connectivity index (χ2n) is 11.8. The van der Waals surface area contributed by atoms with Crippen LogP contribution in [0.1, 0.15) is 11.1 Å². The van der Waals surface area contributed by atoms with Crippen LogP contribution in [0.4, 0.5) is 0 Å². The van der Waals surface area contributed by atoms with E-state index in [2.05, 4.69) is 123 Å². The van der Waals surface area contributed by atoms with Gasteiger partial charge in [0.05, 0.1) is 0 Å². The molecule has 9 rings (SSSR count). The molecule has 6 aromatic carbocycles. The zero-order valence-corrected chi connectivity index (χ0v) is 28.2. The van der Waals surface area contributed by atoms with Crippen LogP contribution in [0.5, 0.6) is 0 Å². The Morgan fingerprint density at radius 1 is 0.447 bits per heavy atom. The van der Waals surface area contributed by atoms with Gasteiger partial charge in [-0.25, -0.2) is 15.0 Å². The van der Waals surface area contributed by atoms with Crippen LogP contribution < -0.4 is 0 Å². The first kappa shape index (κ1) is 28.4. The SMILES string of the molecule is Cc1ccccc1-c1c(S)cccc1-c1nc(-c2ccc3sc4ccccc4c3c2C)nc(-c2cccc3sc4ccccc4c23)n1. The quantitative estimate of drug-likeness (QED) is 0.191. The van der Waals surface area contributed by atoms with Crippen LogP contribution in [-0.4, -0.2) is 15.0 Å². The minimum Gasteiger partial charge on any atom is -0.208 e. The van der Waals surface area contributed by atoms with Gasteiger partial charge in [-0.1, -0.05) is 84.9 Å². The number of benzene rings is 6. The van der Waals surface area contributed by atoms with Crippen LogP contribution in [0.15, 0.2) is 126 Å². The molecule has 9 aromatic rings. The molecule has 3 nitrogen and oxygen atoms in total. The summed E-state index contributed by atoms with van der Waals surface area (Å²) in [6, 6.07) is 42.6. The predicted molar refractivity (Wildman–Crippen MR) is 204 cm³/mol. The van der Waals surface area contributed by atoms with Crippen molar-refractivity contribution in [2.75, 3.05) is 0 Å². The molecule has 0 unspecified atom stereocenters. The summed E-state index contributed by atoms with van der Waals surface area (Å²) in [4.78, 5) is 16.7. The highest BCUT2D eigenvalue weighted by Gasteiger charge is 2.21. The summed E-state index contributed by atoms with van der Waals surface area (Å²) in [6.45, 7) is 4.33. The largest absolute Gasteiger partial charge is 0.208 e. The van der Waals surface area contributed by atoms with E-state index >= 15 is 0 Å². The van der Waals surface area contributed by atoms with Crippen LogP contribution in [0.25, 0.3) is 85.6 Å². The van der Waals surface area contributed by atoms with E-state index in [1.807, 2.05) is 23.5 Å². The van der Waals surface area contributed by atoms with Gasteiger partial charge in [0.2, 0.25) is 0 Å². The number of hydrogen-bond donors (Lipinski definition) is 1. The summed E-state index contributed by atoms with van der Waals surface area (Å²) in [6.07, 6.45) is 0. The lowest BCUT2D eigenvalue weighted by atomic mass is 9.95. The standard InChI is InChI=1S/C41H27N3S3/c1-23-11-3-4-12-25(23)37-29(15-9-17-31(37)45)40-42-39(26-21-22-35-36(24(26)2)27-13-5-7-18-32(27)47-35)43-41(44-40)30-16-10-20-34-38(30)28-14-6-8-19-33(28)46-34/h3-22,45H,1-2H3. The highest BCUT2D eigenvalue weighted by atomic mass is 32.1. The third kappa shape index (κ3) is 4.59. The van der Waals surface area contributed by atoms with Crippen molar-refractivity contribution in [1.82, 2.24) is 15.0 Å². The van der Waals surface area contributed by atoms with E-state index in [4.69, 9.17) is 27.6 Å². The smallest absolute Gasteiger partial charge is 0.164 e. The average molecular weight is 658 g/mol. The molecule has 224 valence electrons. The van der Waals surface area contributed by atoms with Crippen molar-refractivity contribution in [1.29, 1.82) is 0 Å². The second kappa shape index (κ2) is 11.1. The number of rotatable bonds is 4. The van der Waals surface area contributed by atoms with Crippen LogP contribution >= 0.6 is 35.3 Å². The lowest BCUT2D eigenvalue weighted by Gasteiger charge is -2.16. The van der Waals surface area contributed by atoms with Crippen LogP contribution in [0.2, 0.25) is 0 Å². The molecule has 0 fully saturated rings. The summed E-state index contributed by atoms with van der Waals surface area (Å²) in [5.41, 5.74) is 7.42. The maximum atomic E-state index is 5.28. The monoisotopic (exact) mass is 657 g/mol. The topological polar surface area (TPSA) is 38.7 Å². The Morgan fingerprint density at radius 3 is 1.72 bits per heavy atom. The Labute approximate surface area is 285 Å². The third-order valence-corrected chi connectivity index (χ3v) is 11.7. The average Bonchev–Trinajstić information content (AvgIpc) is 3.67. The molecular weight excluding hydrogens is 631 g/mol. The number of fused-ring (bicyclic) bond motifs is 6. The molecule has 0 radical (unpaired) electrons.